The molecule has 1 N–H and O–H groups in total. The minimum Gasteiger partial charge on any atom is -0.269 e. The number of nitriles is 1. The van der Waals surface area contributed by atoms with Crippen LogP contribution in [0.4, 0.5) is 5.00 Å². The zero-order valence-electron chi connectivity index (χ0n) is 10.4. The van der Waals surface area contributed by atoms with Crippen molar-refractivity contribution in [2.24, 2.45) is 0 Å². The van der Waals surface area contributed by atoms with Crippen LogP contribution < -0.4 is 4.72 Å². The van der Waals surface area contributed by atoms with E-state index in [-0.39, 0.29) is 4.21 Å². The average Bonchev–Trinajstić information content (AvgIpc) is 3.05. The van der Waals surface area contributed by atoms with Crippen LogP contribution in [0.2, 0.25) is 5.02 Å². The van der Waals surface area contributed by atoms with Crippen LogP contribution in [-0.4, -0.2) is 8.42 Å². The summed E-state index contributed by atoms with van der Waals surface area (Å²) in [5.41, 5.74) is 1.45. The van der Waals surface area contributed by atoms with Gasteiger partial charge in [-0.05, 0) is 46.8 Å². The van der Waals surface area contributed by atoms with E-state index in [0.717, 1.165) is 41.0 Å². The number of halogens is 2. The number of sulfonamides is 1. The van der Waals surface area contributed by atoms with E-state index in [2.05, 4.69) is 26.7 Å². The highest BCUT2D eigenvalue weighted by atomic mass is 79.9. The first-order chi connectivity index (χ1) is 9.92. The molecule has 0 radical (unpaired) electrons. The summed E-state index contributed by atoms with van der Waals surface area (Å²) in [5.74, 6) is 0. The summed E-state index contributed by atoms with van der Waals surface area (Å²) in [6.07, 6.45) is 2.77. The van der Waals surface area contributed by atoms with Crippen molar-refractivity contribution in [2.75, 3.05) is 4.72 Å². The van der Waals surface area contributed by atoms with Gasteiger partial charge in [0.25, 0.3) is 10.0 Å². The van der Waals surface area contributed by atoms with Crippen LogP contribution in [0.25, 0.3) is 0 Å². The summed E-state index contributed by atoms with van der Waals surface area (Å²) in [4.78, 5) is 1.11. The van der Waals surface area contributed by atoms with E-state index >= 15 is 0 Å². The number of nitrogens with zero attached hydrogens (tertiary/aromatic N) is 1. The summed E-state index contributed by atoms with van der Waals surface area (Å²) in [6.45, 7) is 0. The largest absolute Gasteiger partial charge is 0.272 e. The second-order valence-electron chi connectivity index (χ2n) is 4.47. The number of aryl methyl sites for hydroxylation is 1. The van der Waals surface area contributed by atoms with Gasteiger partial charge in [-0.1, -0.05) is 11.6 Å². The number of hydrogen-bond donors (Lipinski definition) is 1. The summed E-state index contributed by atoms with van der Waals surface area (Å²) < 4.78 is 28.0. The third-order valence-corrected chi connectivity index (χ3v) is 8.78. The fourth-order valence-corrected chi connectivity index (χ4v) is 7.17. The Morgan fingerprint density at radius 3 is 2.76 bits per heavy atom. The number of hydrogen-bond acceptors (Lipinski definition) is 5. The van der Waals surface area contributed by atoms with E-state index in [0.29, 0.717) is 19.4 Å². The summed E-state index contributed by atoms with van der Waals surface area (Å²) >= 11 is 11.5. The zero-order chi connectivity index (χ0) is 15.2. The van der Waals surface area contributed by atoms with Crippen molar-refractivity contribution in [3.05, 3.63) is 30.9 Å². The molecule has 0 unspecified atom stereocenters. The third-order valence-electron chi connectivity index (χ3n) is 3.15. The van der Waals surface area contributed by atoms with Crippen LogP contribution in [0.3, 0.4) is 0 Å². The van der Waals surface area contributed by atoms with Crippen molar-refractivity contribution in [3.63, 3.8) is 0 Å². The van der Waals surface area contributed by atoms with Crippen LogP contribution in [0.1, 0.15) is 22.4 Å². The minimum absolute atomic E-state index is 0.122. The first-order valence-corrected chi connectivity index (χ1v) is 10.2. The summed E-state index contributed by atoms with van der Waals surface area (Å²) in [5, 5.41) is 10.0. The van der Waals surface area contributed by atoms with Crippen molar-refractivity contribution in [1.82, 2.24) is 0 Å². The van der Waals surface area contributed by atoms with Gasteiger partial charge in [0.15, 0.2) is 0 Å². The molecule has 0 aliphatic heterocycles. The average molecular weight is 424 g/mol. The molecule has 3 rings (SSSR count). The molecule has 0 bridgehead atoms. The topological polar surface area (TPSA) is 70.0 Å². The van der Waals surface area contributed by atoms with Crippen LogP contribution >= 0.6 is 50.2 Å². The Morgan fingerprint density at radius 2 is 2.14 bits per heavy atom. The zero-order valence-corrected chi connectivity index (χ0v) is 15.2. The quantitative estimate of drug-likeness (QED) is 0.796. The highest BCUT2D eigenvalue weighted by Crippen LogP contribution is 2.41. The molecule has 2 aromatic heterocycles. The molecule has 0 atom stereocenters. The normalized spacial score (nSPS) is 14.0. The van der Waals surface area contributed by atoms with Crippen LogP contribution in [0.15, 0.2) is 14.1 Å². The van der Waals surface area contributed by atoms with Crippen LogP contribution in [0.5, 0.6) is 0 Å². The summed E-state index contributed by atoms with van der Waals surface area (Å²) in [6, 6.07) is 3.51. The number of rotatable bonds is 3. The fourth-order valence-electron chi connectivity index (χ4n) is 2.23. The fraction of sp³-hybridized carbons (Fsp3) is 0.250. The molecule has 0 saturated carbocycles. The monoisotopic (exact) mass is 422 g/mol. The molecule has 1 aliphatic carbocycles. The molecule has 4 nitrogen and oxygen atoms in total. The van der Waals surface area contributed by atoms with E-state index in [9.17, 15) is 13.7 Å². The van der Waals surface area contributed by atoms with E-state index in [1.807, 2.05) is 0 Å². The smallest absolute Gasteiger partial charge is 0.269 e. The highest BCUT2D eigenvalue weighted by Gasteiger charge is 2.26. The van der Waals surface area contributed by atoms with Gasteiger partial charge >= 0.3 is 0 Å². The number of thiophene rings is 2. The van der Waals surface area contributed by atoms with E-state index in [1.54, 1.807) is 0 Å². The van der Waals surface area contributed by atoms with E-state index < -0.39 is 10.0 Å². The van der Waals surface area contributed by atoms with Gasteiger partial charge in [-0.2, -0.15) is 5.26 Å². The van der Waals surface area contributed by atoms with Gasteiger partial charge in [-0.15, -0.1) is 22.7 Å². The van der Waals surface area contributed by atoms with Gasteiger partial charge < -0.3 is 0 Å². The van der Waals surface area contributed by atoms with Gasteiger partial charge in [-0.3, -0.25) is 4.72 Å². The molecule has 1 aliphatic rings. The van der Waals surface area contributed by atoms with Gasteiger partial charge in [-0.25, -0.2) is 8.42 Å². The Hall–Kier alpha value is -0.590. The lowest BCUT2D eigenvalue weighted by Gasteiger charge is -2.04. The number of nitrogens with one attached hydrogen (secondary N) is 1. The molecule has 0 fully saturated rings. The van der Waals surface area contributed by atoms with Crippen LogP contribution in [0, 0.1) is 11.3 Å². The van der Waals surface area contributed by atoms with Gasteiger partial charge in [0.2, 0.25) is 0 Å². The Kier molecular flexibility index (Phi) is 4.05. The number of fused-ring (bicyclic) bond motifs is 1. The lowest BCUT2D eigenvalue weighted by molar-refractivity contribution is 0.603. The Bertz CT molecular complexity index is 844. The van der Waals surface area contributed by atoms with Crippen molar-refractivity contribution >= 4 is 65.2 Å². The van der Waals surface area contributed by atoms with Gasteiger partial charge in [0, 0.05) is 4.88 Å². The lowest BCUT2D eigenvalue weighted by atomic mass is 10.1. The predicted octanol–water partition coefficient (Wildman–Crippen LogP) is 4.39. The van der Waals surface area contributed by atoms with Crippen molar-refractivity contribution in [3.8, 4) is 6.07 Å². The van der Waals surface area contributed by atoms with E-state index in [1.165, 1.54) is 17.4 Å². The lowest BCUT2D eigenvalue weighted by Crippen LogP contribution is -2.11. The molecular weight excluding hydrogens is 416 g/mol. The summed E-state index contributed by atoms with van der Waals surface area (Å²) in [7, 11) is -3.72. The van der Waals surface area contributed by atoms with E-state index in [4.69, 9.17) is 11.6 Å². The Morgan fingerprint density at radius 1 is 1.38 bits per heavy atom. The molecular formula is C12H8BrClN2O2S3. The maximum atomic E-state index is 12.4. The maximum Gasteiger partial charge on any atom is 0.272 e. The Balaban J connectivity index is 1.99. The van der Waals surface area contributed by atoms with Gasteiger partial charge in [0.05, 0.1) is 14.4 Å². The SMILES string of the molecule is N#Cc1c(NS(=O)(=O)c2cc(Cl)c(Br)s2)sc2c1CCC2. The third kappa shape index (κ3) is 2.73. The molecule has 110 valence electrons. The Labute approximate surface area is 143 Å². The standard InChI is InChI=1S/C12H8BrClN2O2S3/c13-11-8(14)4-10(20-11)21(17,18)16-12-7(5-15)6-2-1-3-9(6)19-12/h4,16H,1-3H2. The van der Waals surface area contributed by atoms with Crippen molar-refractivity contribution < 1.29 is 8.42 Å². The first-order valence-electron chi connectivity index (χ1n) is 5.94. The highest BCUT2D eigenvalue weighted by molar-refractivity contribution is 9.11. The molecule has 0 spiro atoms. The molecule has 0 amide bonds. The first kappa shape index (κ1) is 15.3. The molecule has 9 heteroatoms. The van der Waals surface area contributed by atoms with Crippen molar-refractivity contribution in [2.45, 2.75) is 23.5 Å². The van der Waals surface area contributed by atoms with Gasteiger partial charge in [0.1, 0.15) is 15.3 Å². The molecule has 2 aromatic rings. The molecule has 0 aromatic carbocycles. The molecule has 0 saturated heterocycles. The van der Waals surface area contributed by atoms with Crippen LogP contribution in [-0.2, 0) is 22.9 Å². The van der Waals surface area contributed by atoms with Crippen molar-refractivity contribution in [1.29, 1.82) is 5.26 Å². The minimum atomic E-state index is -3.72. The molecule has 2 heterocycles. The molecule has 21 heavy (non-hydrogen) atoms. The second-order valence-corrected chi connectivity index (χ2v) is 10.3. The maximum absolute atomic E-state index is 12.4. The second kappa shape index (κ2) is 5.56. The predicted molar refractivity (Wildman–Crippen MR) is 88.9 cm³/mol. The number of anilines is 1.